The van der Waals surface area contributed by atoms with Gasteiger partial charge in [0.2, 0.25) is 5.91 Å². The second-order valence-corrected chi connectivity index (χ2v) is 4.63. The van der Waals surface area contributed by atoms with E-state index in [0.717, 1.165) is 25.8 Å². The first-order valence-electron chi connectivity index (χ1n) is 6.34. The van der Waals surface area contributed by atoms with Crippen LogP contribution in [0, 0.1) is 0 Å². The van der Waals surface area contributed by atoms with Gasteiger partial charge in [0.15, 0.2) is 0 Å². The second kappa shape index (κ2) is 6.59. The Morgan fingerprint density at radius 2 is 2.18 bits per heavy atom. The van der Waals surface area contributed by atoms with Crippen molar-refractivity contribution in [3.8, 4) is 0 Å². The van der Waals surface area contributed by atoms with Crippen LogP contribution >= 0.6 is 0 Å². The first-order chi connectivity index (χ1) is 8.06. The van der Waals surface area contributed by atoms with E-state index in [2.05, 4.69) is 0 Å². The average Bonchev–Trinajstić information content (AvgIpc) is 2.34. The van der Waals surface area contributed by atoms with E-state index < -0.39 is 12.0 Å². The molecule has 98 valence electrons. The number of piperidine rings is 1. The zero-order chi connectivity index (χ0) is 12.8. The van der Waals surface area contributed by atoms with Crippen LogP contribution in [0.25, 0.3) is 0 Å². The second-order valence-electron chi connectivity index (χ2n) is 4.63. The first kappa shape index (κ1) is 14.0. The molecule has 5 nitrogen and oxygen atoms in total. The number of likely N-dealkylation sites (tertiary alicyclic amines) is 1. The number of hydrogen-bond acceptors (Lipinski definition) is 3. The SMILES string of the molecule is CC[C@H](N)C(=O)N1CCCCC1CCC(=O)O. The zero-order valence-corrected chi connectivity index (χ0v) is 10.4. The number of aliphatic carboxylic acids is 1. The fourth-order valence-electron chi connectivity index (χ4n) is 2.27. The van der Waals surface area contributed by atoms with Crippen LogP contribution in [-0.4, -0.2) is 40.5 Å². The van der Waals surface area contributed by atoms with Gasteiger partial charge in [-0.2, -0.15) is 0 Å². The van der Waals surface area contributed by atoms with Gasteiger partial charge in [0.1, 0.15) is 0 Å². The van der Waals surface area contributed by atoms with Crippen molar-refractivity contribution in [2.24, 2.45) is 5.73 Å². The Morgan fingerprint density at radius 3 is 2.76 bits per heavy atom. The standard InChI is InChI=1S/C12H22N2O3/c1-2-10(13)12(17)14-8-4-3-5-9(14)6-7-11(15)16/h9-10H,2-8,13H2,1H3,(H,15,16)/t9?,10-/m0/s1. The van der Waals surface area contributed by atoms with Gasteiger partial charge in [0.05, 0.1) is 6.04 Å². The first-order valence-corrected chi connectivity index (χ1v) is 6.34. The zero-order valence-electron chi connectivity index (χ0n) is 10.4. The largest absolute Gasteiger partial charge is 0.481 e. The summed E-state index contributed by atoms with van der Waals surface area (Å²) in [5.41, 5.74) is 5.76. The normalized spacial score (nSPS) is 22.2. The third-order valence-corrected chi connectivity index (χ3v) is 3.36. The number of carbonyl (C=O) groups excluding carboxylic acids is 1. The van der Waals surface area contributed by atoms with Crippen molar-refractivity contribution in [1.29, 1.82) is 0 Å². The number of rotatable bonds is 5. The lowest BCUT2D eigenvalue weighted by atomic mass is 9.97. The molecule has 17 heavy (non-hydrogen) atoms. The van der Waals surface area contributed by atoms with E-state index in [0.29, 0.717) is 12.8 Å². The lowest BCUT2D eigenvalue weighted by Gasteiger charge is -2.37. The van der Waals surface area contributed by atoms with E-state index in [4.69, 9.17) is 10.8 Å². The summed E-state index contributed by atoms with van der Waals surface area (Å²) in [5, 5.41) is 8.70. The summed E-state index contributed by atoms with van der Waals surface area (Å²) in [6, 6.07) is -0.384. The molecule has 0 radical (unpaired) electrons. The predicted molar refractivity (Wildman–Crippen MR) is 64.5 cm³/mol. The molecule has 1 amide bonds. The van der Waals surface area contributed by atoms with E-state index in [1.54, 1.807) is 4.90 Å². The summed E-state index contributed by atoms with van der Waals surface area (Å²) in [6.45, 7) is 2.61. The molecule has 0 aliphatic carbocycles. The molecule has 1 unspecified atom stereocenters. The van der Waals surface area contributed by atoms with Crippen molar-refractivity contribution in [2.75, 3.05) is 6.54 Å². The van der Waals surface area contributed by atoms with Gasteiger partial charge in [-0.15, -0.1) is 0 Å². The number of hydrogen-bond donors (Lipinski definition) is 2. The molecule has 1 aliphatic rings. The van der Waals surface area contributed by atoms with Gasteiger partial charge >= 0.3 is 5.97 Å². The Kier molecular flexibility index (Phi) is 5.41. The molecular formula is C12H22N2O3. The van der Waals surface area contributed by atoms with Gasteiger partial charge in [0, 0.05) is 19.0 Å². The maximum atomic E-state index is 12.0. The molecule has 0 aromatic rings. The van der Waals surface area contributed by atoms with E-state index >= 15 is 0 Å². The Balaban J connectivity index is 2.58. The molecule has 1 aliphatic heterocycles. The van der Waals surface area contributed by atoms with Gasteiger partial charge < -0.3 is 15.7 Å². The molecule has 1 heterocycles. The highest BCUT2D eigenvalue weighted by atomic mass is 16.4. The van der Waals surface area contributed by atoms with E-state index in [9.17, 15) is 9.59 Å². The topological polar surface area (TPSA) is 83.6 Å². The highest BCUT2D eigenvalue weighted by Crippen LogP contribution is 2.21. The number of carboxylic acids is 1. The smallest absolute Gasteiger partial charge is 0.303 e. The van der Waals surface area contributed by atoms with Gasteiger partial charge in [-0.25, -0.2) is 0 Å². The Morgan fingerprint density at radius 1 is 1.47 bits per heavy atom. The van der Waals surface area contributed by atoms with Crippen LogP contribution in [-0.2, 0) is 9.59 Å². The lowest BCUT2D eigenvalue weighted by Crippen LogP contribution is -2.50. The summed E-state index contributed by atoms with van der Waals surface area (Å²) in [6.07, 6.45) is 4.24. The van der Waals surface area contributed by atoms with Crippen LogP contribution in [0.15, 0.2) is 0 Å². The summed E-state index contributed by atoms with van der Waals surface area (Å²) in [7, 11) is 0. The quantitative estimate of drug-likeness (QED) is 0.752. The van der Waals surface area contributed by atoms with Crippen LogP contribution in [0.5, 0.6) is 0 Å². The minimum Gasteiger partial charge on any atom is -0.481 e. The molecule has 1 fully saturated rings. The van der Waals surface area contributed by atoms with E-state index in [-0.39, 0.29) is 18.4 Å². The average molecular weight is 242 g/mol. The number of amides is 1. The highest BCUT2D eigenvalue weighted by Gasteiger charge is 2.29. The molecule has 0 spiro atoms. The van der Waals surface area contributed by atoms with Crippen molar-refractivity contribution < 1.29 is 14.7 Å². The van der Waals surface area contributed by atoms with Crippen molar-refractivity contribution >= 4 is 11.9 Å². The predicted octanol–water partition coefficient (Wildman–Crippen LogP) is 0.970. The molecule has 1 rings (SSSR count). The van der Waals surface area contributed by atoms with E-state index in [1.165, 1.54) is 0 Å². The summed E-state index contributed by atoms with van der Waals surface area (Å²) < 4.78 is 0. The maximum absolute atomic E-state index is 12.0. The van der Waals surface area contributed by atoms with Crippen LogP contribution < -0.4 is 5.73 Å². The van der Waals surface area contributed by atoms with Crippen molar-refractivity contribution in [1.82, 2.24) is 4.90 Å². The van der Waals surface area contributed by atoms with Gasteiger partial charge in [-0.05, 0) is 32.1 Å². The van der Waals surface area contributed by atoms with E-state index in [1.807, 2.05) is 6.92 Å². The third-order valence-electron chi connectivity index (χ3n) is 3.36. The minimum atomic E-state index is -0.803. The Hall–Kier alpha value is -1.10. The lowest BCUT2D eigenvalue weighted by molar-refractivity contribution is -0.140. The van der Waals surface area contributed by atoms with Crippen LogP contribution in [0.2, 0.25) is 0 Å². The maximum Gasteiger partial charge on any atom is 0.303 e. The van der Waals surface area contributed by atoms with Crippen molar-refractivity contribution in [3.05, 3.63) is 0 Å². The summed E-state index contributed by atoms with van der Waals surface area (Å²) in [5.74, 6) is -0.828. The molecule has 0 aromatic carbocycles. The molecule has 1 saturated heterocycles. The van der Waals surface area contributed by atoms with Crippen LogP contribution in [0.1, 0.15) is 45.4 Å². The molecule has 5 heteroatoms. The number of nitrogens with zero attached hydrogens (tertiary/aromatic N) is 1. The number of carboxylic acid groups (broad SMARTS) is 1. The fraction of sp³-hybridized carbons (Fsp3) is 0.833. The Bertz CT molecular complexity index is 281. The summed E-state index contributed by atoms with van der Waals surface area (Å²) >= 11 is 0. The van der Waals surface area contributed by atoms with Crippen LogP contribution in [0.3, 0.4) is 0 Å². The minimum absolute atomic E-state index is 0.0254. The molecule has 0 saturated carbocycles. The van der Waals surface area contributed by atoms with Crippen molar-refractivity contribution in [2.45, 2.75) is 57.5 Å². The number of carbonyl (C=O) groups is 2. The Labute approximate surface area is 102 Å². The summed E-state index contributed by atoms with van der Waals surface area (Å²) in [4.78, 5) is 24.4. The van der Waals surface area contributed by atoms with Gasteiger partial charge in [-0.3, -0.25) is 9.59 Å². The monoisotopic (exact) mass is 242 g/mol. The molecule has 2 atom stereocenters. The van der Waals surface area contributed by atoms with Gasteiger partial charge in [-0.1, -0.05) is 6.92 Å². The third kappa shape index (κ3) is 4.00. The van der Waals surface area contributed by atoms with Crippen LogP contribution in [0.4, 0.5) is 0 Å². The highest BCUT2D eigenvalue weighted by molar-refractivity contribution is 5.82. The molecule has 3 N–H and O–H groups in total. The molecule has 0 bridgehead atoms. The molecular weight excluding hydrogens is 220 g/mol. The fourth-order valence-corrected chi connectivity index (χ4v) is 2.27. The number of nitrogens with two attached hydrogens (primary N) is 1. The molecule has 0 aromatic heterocycles. The van der Waals surface area contributed by atoms with Gasteiger partial charge in [0.25, 0.3) is 0 Å². The van der Waals surface area contributed by atoms with Crippen molar-refractivity contribution in [3.63, 3.8) is 0 Å².